The van der Waals surface area contributed by atoms with E-state index in [0.717, 1.165) is 5.56 Å². The predicted molar refractivity (Wildman–Crippen MR) is 135 cm³/mol. The van der Waals surface area contributed by atoms with Gasteiger partial charge in [-0.15, -0.1) is 0 Å². The first kappa shape index (κ1) is 28.3. The molecule has 0 bridgehead atoms. The monoisotopic (exact) mass is 522 g/mol. The number of hydrogen-bond acceptors (Lipinski definition) is 5. The normalized spacial score (nSPS) is 12.5. The zero-order valence-electron chi connectivity index (χ0n) is 20.1. The number of nitrogens with one attached hydrogen (secondary N) is 4. The number of sulfonamides is 1. The van der Waals surface area contributed by atoms with E-state index in [1.165, 1.54) is 12.1 Å². The minimum atomic E-state index is -4.07. The molecular weight excluding hydrogens is 492 g/mol. The Bertz CT molecular complexity index is 1140. The van der Waals surface area contributed by atoms with E-state index in [1.54, 1.807) is 57.2 Å². The molecule has 35 heavy (non-hydrogen) atoms. The molecule has 3 amide bonds. The lowest BCUT2D eigenvalue weighted by atomic mass is 10.1. The maximum Gasteiger partial charge on any atom is 0.251 e. The van der Waals surface area contributed by atoms with Crippen LogP contribution in [0.1, 0.15) is 43.1 Å². The van der Waals surface area contributed by atoms with Crippen LogP contribution in [-0.2, 0) is 19.6 Å². The first-order chi connectivity index (χ1) is 16.3. The predicted octanol–water partition coefficient (Wildman–Crippen LogP) is 2.15. The maximum absolute atomic E-state index is 12.8. The van der Waals surface area contributed by atoms with Crippen molar-refractivity contribution < 1.29 is 22.8 Å². The molecule has 2 rings (SSSR count). The second kappa shape index (κ2) is 12.1. The van der Waals surface area contributed by atoms with E-state index in [1.807, 2.05) is 6.92 Å². The van der Waals surface area contributed by atoms with Gasteiger partial charge >= 0.3 is 0 Å². The van der Waals surface area contributed by atoms with Crippen LogP contribution in [-0.4, -0.2) is 50.8 Å². The lowest BCUT2D eigenvalue weighted by Gasteiger charge is -2.23. The molecule has 0 aliphatic rings. The van der Waals surface area contributed by atoms with E-state index in [0.29, 0.717) is 10.6 Å². The fourth-order valence-electron chi connectivity index (χ4n) is 3.00. The molecule has 0 unspecified atom stereocenters. The summed E-state index contributed by atoms with van der Waals surface area (Å²) >= 11 is 5.81. The van der Waals surface area contributed by atoms with Gasteiger partial charge in [0.1, 0.15) is 6.04 Å². The van der Waals surface area contributed by atoms with Crippen molar-refractivity contribution in [3.8, 4) is 0 Å². The summed E-state index contributed by atoms with van der Waals surface area (Å²) < 4.78 is 28.0. The van der Waals surface area contributed by atoms with Crippen molar-refractivity contribution in [3.05, 3.63) is 64.7 Å². The molecule has 0 spiro atoms. The van der Waals surface area contributed by atoms with Gasteiger partial charge in [0.05, 0.1) is 11.3 Å². The average molecular weight is 523 g/mol. The van der Waals surface area contributed by atoms with Crippen LogP contribution in [0.5, 0.6) is 0 Å². The number of benzene rings is 2. The smallest absolute Gasteiger partial charge is 0.251 e. The third kappa shape index (κ3) is 9.67. The SMILES string of the molecule is Cc1ccc(S(=O)(=O)N[C@@H](CC(=O)NC(C)(C)C)C(=O)NCCNC(=O)c2ccc(Cl)cc2)cc1. The van der Waals surface area contributed by atoms with Crippen molar-refractivity contribution in [3.63, 3.8) is 0 Å². The highest BCUT2D eigenvalue weighted by atomic mass is 35.5. The maximum atomic E-state index is 12.8. The summed E-state index contributed by atoms with van der Waals surface area (Å²) in [6.07, 6.45) is -0.397. The molecule has 0 heterocycles. The van der Waals surface area contributed by atoms with Crippen LogP contribution in [0.4, 0.5) is 0 Å². The van der Waals surface area contributed by atoms with Crippen LogP contribution in [0.25, 0.3) is 0 Å². The minimum absolute atomic E-state index is 0.0210. The van der Waals surface area contributed by atoms with Gasteiger partial charge in [-0.1, -0.05) is 29.3 Å². The Labute approximate surface area is 211 Å². The van der Waals surface area contributed by atoms with Crippen LogP contribution in [0.2, 0.25) is 5.02 Å². The van der Waals surface area contributed by atoms with E-state index in [2.05, 4.69) is 20.7 Å². The van der Waals surface area contributed by atoms with Crippen molar-refractivity contribution in [1.82, 2.24) is 20.7 Å². The Morgan fingerprint density at radius 1 is 0.914 bits per heavy atom. The van der Waals surface area contributed by atoms with Crippen molar-refractivity contribution >= 4 is 39.3 Å². The Morgan fingerprint density at radius 3 is 2.06 bits per heavy atom. The quantitative estimate of drug-likeness (QED) is 0.355. The Morgan fingerprint density at radius 2 is 1.49 bits per heavy atom. The molecule has 0 saturated carbocycles. The zero-order valence-corrected chi connectivity index (χ0v) is 21.7. The van der Waals surface area contributed by atoms with E-state index in [-0.39, 0.29) is 23.9 Å². The molecule has 0 radical (unpaired) electrons. The molecule has 2 aromatic carbocycles. The van der Waals surface area contributed by atoms with Gasteiger partial charge in [-0.25, -0.2) is 8.42 Å². The molecule has 1 atom stereocenters. The third-order valence-electron chi connectivity index (χ3n) is 4.67. The third-order valence-corrected chi connectivity index (χ3v) is 6.40. The molecule has 0 aliphatic carbocycles. The largest absolute Gasteiger partial charge is 0.353 e. The number of aryl methyl sites for hydroxylation is 1. The Hall–Kier alpha value is -2.95. The van der Waals surface area contributed by atoms with Crippen molar-refractivity contribution in [2.75, 3.05) is 13.1 Å². The summed E-state index contributed by atoms with van der Waals surface area (Å²) in [5.74, 6) is -1.53. The first-order valence-electron chi connectivity index (χ1n) is 11.0. The number of halogens is 1. The van der Waals surface area contributed by atoms with Crippen molar-refractivity contribution in [2.24, 2.45) is 0 Å². The van der Waals surface area contributed by atoms with Gasteiger partial charge in [0.2, 0.25) is 21.8 Å². The van der Waals surface area contributed by atoms with Gasteiger partial charge in [-0.05, 0) is 64.1 Å². The highest BCUT2D eigenvalue weighted by molar-refractivity contribution is 7.89. The summed E-state index contributed by atoms with van der Waals surface area (Å²) in [6, 6.07) is 11.1. The molecule has 11 heteroatoms. The second-order valence-electron chi connectivity index (χ2n) is 9.04. The molecule has 190 valence electrons. The van der Waals surface area contributed by atoms with E-state index >= 15 is 0 Å². The summed E-state index contributed by atoms with van der Waals surface area (Å²) in [7, 11) is -4.07. The topological polar surface area (TPSA) is 133 Å². The van der Waals surface area contributed by atoms with Crippen LogP contribution in [0.15, 0.2) is 53.4 Å². The van der Waals surface area contributed by atoms with Crippen LogP contribution >= 0.6 is 11.6 Å². The molecule has 0 aliphatic heterocycles. The minimum Gasteiger partial charge on any atom is -0.353 e. The van der Waals surface area contributed by atoms with Gasteiger partial charge in [-0.2, -0.15) is 4.72 Å². The fourth-order valence-corrected chi connectivity index (χ4v) is 4.32. The fraction of sp³-hybridized carbons (Fsp3) is 0.375. The Kier molecular flexibility index (Phi) is 9.82. The number of hydrogen-bond donors (Lipinski definition) is 4. The first-order valence-corrected chi connectivity index (χ1v) is 12.8. The molecule has 0 fully saturated rings. The average Bonchev–Trinajstić information content (AvgIpc) is 2.75. The van der Waals surface area contributed by atoms with Gasteiger partial charge in [0.25, 0.3) is 5.91 Å². The van der Waals surface area contributed by atoms with Crippen molar-refractivity contribution in [2.45, 2.75) is 50.6 Å². The Balaban J connectivity index is 2.03. The highest BCUT2D eigenvalue weighted by Gasteiger charge is 2.29. The molecule has 0 aromatic heterocycles. The highest BCUT2D eigenvalue weighted by Crippen LogP contribution is 2.12. The summed E-state index contributed by atoms with van der Waals surface area (Å²) in [5, 5.41) is 8.44. The van der Waals surface area contributed by atoms with Crippen LogP contribution in [0.3, 0.4) is 0 Å². The molecule has 2 aromatic rings. The number of rotatable bonds is 10. The molecular formula is C24H31ClN4O5S. The van der Waals surface area contributed by atoms with Gasteiger partial charge in [-0.3, -0.25) is 14.4 Å². The van der Waals surface area contributed by atoms with E-state index in [9.17, 15) is 22.8 Å². The number of carbonyl (C=O) groups excluding carboxylic acids is 3. The lowest BCUT2D eigenvalue weighted by molar-refractivity contribution is -0.128. The lowest BCUT2D eigenvalue weighted by Crippen LogP contribution is -2.51. The summed E-state index contributed by atoms with van der Waals surface area (Å²) in [4.78, 5) is 37.4. The van der Waals surface area contributed by atoms with Gasteiger partial charge in [0, 0.05) is 29.2 Å². The van der Waals surface area contributed by atoms with Gasteiger partial charge in [0.15, 0.2) is 0 Å². The van der Waals surface area contributed by atoms with Gasteiger partial charge < -0.3 is 16.0 Å². The standard InChI is InChI=1S/C24H31ClN4O5S/c1-16-5-11-19(12-6-16)35(33,34)29-20(15-21(30)28-24(2,3)4)23(32)27-14-13-26-22(31)17-7-9-18(25)10-8-17/h5-12,20,29H,13-15H2,1-4H3,(H,26,31)(H,27,32)(H,28,30)/t20-/m0/s1. The molecule has 4 N–H and O–H groups in total. The van der Waals surface area contributed by atoms with Crippen LogP contribution < -0.4 is 20.7 Å². The zero-order chi connectivity index (χ0) is 26.2. The number of amides is 3. The molecule has 0 saturated heterocycles. The second-order valence-corrected chi connectivity index (χ2v) is 11.2. The van der Waals surface area contributed by atoms with E-state index in [4.69, 9.17) is 11.6 Å². The number of carbonyl (C=O) groups is 3. The van der Waals surface area contributed by atoms with Crippen LogP contribution in [0, 0.1) is 6.92 Å². The summed E-state index contributed by atoms with van der Waals surface area (Å²) in [5.41, 5.74) is 0.728. The van der Waals surface area contributed by atoms with E-state index < -0.39 is 39.8 Å². The summed E-state index contributed by atoms with van der Waals surface area (Å²) in [6.45, 7) is 7.28. The molecule has 9 nitrogen and oxygen atoms in total. The van der Waals surface area contributed by atoms with Crippen molar-refractivity contribution in [1.29, 1.82) is 0 Å².